The standard InChI is InChI=1S/C23H28N2O/c1-3-23(19-7-4-12-24-15-19)26-21-10-8-18(9-11-21)20-14-22-17(2)6-5-13-25(22)16-20/h5-6,8-11,13-14,16,19,23-24H,3-4,7,12,15H2,1-2H3. The lowest BCUT2D eigenvalue weighted by Gasteiger charge is -2.30. The summed E-state index contributed by atoms with van der Waals surface area (Å²) >= 11 is 0. The van der Waals surface area contributed by atoms with E-state index in [1.54, 1.807) is 0 Å². The fraction of sp³-hybridized carbons (Fsp3) is 0.391. The number of nitrogens with one attached hydrogen (secondary N) is 1. The lowest BCUT2D eigenvalue weighted by Crippen LogP contribution is -2.39. The molecule has 26 heavy (non-hydrogen) atoms. The number of rotatable bonds is 5. The first-order chi connectivity index (χ1) is 12.7. The second-order valence-electron chi connectivity index (χ2n) is 7.41. The van der Waals surface area contributed by atoms with Gasteiger partial charge in [-0.2, -0.15) is 0 Å². The van der Waals surface area contributed by atoms with Crippen molar-refractivity contribution in [2.75, 3.05) is 13.1 Å². The van der Waals surface area contributed by atoms with Crippen LogP contribution in [0, 0.1) is 12.8 Å². The molecule has 3 nitrogen and oxygen atoms in total. The Morgan fingerprint density at radius 1 is 1.19 bits per heavy atom. The Kier molecular flexibility index (Phi) is 4.98. The van der Waals surface area contributed by atoms with Gasteiger partial charge in [0.25, 0.3) is 0 Å². The summed E-state index contributed by atoms with van der Waals surface area (Å²) in [4.78, 5) is 0. The van der Waals surface area contributed by atoms with Crippen LogP contribution < -0.4 is 10.1 Å². The predicted octanol–water partition coefficient (Wildman–Crippen LogP) is 5.07. The average Bonchev–Trinajstić information content (AvgIpc) is 3.13. The van der Waals surface area contributed by atoms with Gasteiger partial charge in [-0.3, -0.25) is 0 Å². The maximum Gasteiger partial charge on any atom is 0.119 e. The first kappa shape index (κ1) is 17.2. The maximum atomic E-state index is 6.33. The number of aryl methyl sites for hydroxylation is 1. The van der Waals surface area contributed by atoms with Crippen molar-refractivity contribution in [3.63, 3.8) is 0 Å². The van der Waals surface area contributed by atoms with E-state index in [1.165, 1.54) is 35.0 Å². The minimum atomic E-state index is 0.299. The van der Waals surface area contributed by atoms with Gasteiger partial charge < -0.3 is 14.5 Å². The lowest BCUT2D eigenvalue weighted by atomic mass is 9.92. The highest BCUT2D eigenvalue weighted by molar-refractivity contribution is 5.72. The summed E-state index contributed by atoms with van der Waals surface area (Å²) in [6.45, 7) is 6.60. The Morgan fingerprint density at radius 2 is 2.04 bits per heavy atom. The fourth-order valence-electron chi connectivity index (χ4n) is 4.05. The Labute approximate surface area is 156 Å². The van der Waals surface area contributed by atoms with Crippen LogP contribution in [0.4, 0.5) is 0 Å². The summed E-state index contributed by atoms with van der Waals surface area (Å²) in [5.41, 5.74) is 5.03. The molecule has 136 valence electrons. The van der Waals surface area contributed by atoms with E-state index < -0.39 is 0 Å². The monoisotopic (exact) mass is 348 g/mol. The van der Waals surface area contributed by atoms with E-state index in [-0.39, 0.29) is 0 Å². The minimum absolute atomic E-state index is 0.299. The largest absolute Gasteiger partial charge is 0.490 e. The molecule has 1 saturated heterocycles. The molecule has 0 amide bonds. The molecule has 3 aromatic rings. The second kappa shape index (κ2) is 7.55. The highest BCUT2D eigenvalue weighted by Crippen LogP contribution is 2.28. The van der Waals surface area contributed by atoms with E-state index in [0.29, 0.717) is 12.0 Å². The number of ether oxygens (including phenoxy) is 1. The van der Waals surface area contributed by atoms with Crippen LogP contribution in [0.3, 0.4) is 0 Å². The fourth-order valence-corrected chi connectivity index (χ4v) is 4.05. The number of hydrogen-bond acceptors (Lipinski definition) is 2. The van der Waals surface area contributed by atoms with Crippen molar-refractivity contribution >= 4 is 5.52 Å². The molecule has 0 aliphatic carbocycles. The van der Waals surface area contributed by atoms with Crippen molar-refractivity contribution < 1.29 is 4.74 Å². The number of pyridine rings is 1. The predicted molar refractivity (Wildman–Crippen MR) is 108 cm³/mol. The van der Waals surface area contributed by atoms with Gasteiger partial charge in [0.1, 0.15) is 11.9 Å². The maximum absolute atomic E-state index is 6.33. The molecule has 1 fully saturated rings. The van der Waals surface area contributed by atoms with E-state index in [2.05, 4.69) is 78.4 Å². The molecule has 0 spiro atoms. The molecule has 0 saturated carbocycles. The molecular weight excluding hydrogens is 320 g/mol. The van der Waals surface area contributed by atoms with E-state index >= 15 is 0 Å². The van der Waals surface area contributed by atoms with Crippen molar-refractivity contribution in [1.29, 1.82) is 0 Å². The summed E-state index contributed by atoms with van der Waals surface area (Å²) in [6.07, 6.45) is 8.17. The SMILES string of the molecule is CCC(Oc1ccc(-c2cc3c(C)cccn3c2)cc1)C1CCCNC1. The zero-order valence-corrected chi connectivity index (χ0v) is 15.7. The number of piperidine rings is 1. The van der Waals surface area contributed by atoms with Gasteiger partial charge in [-0.25, -0.2) is 0 Å². The van der Waals surface area contributed by atoms with Gasteiger partial charge >= 0.3 is 0 Å². The zero-order chi connectivity index (χ0) is 17.9. The molecule has 4 rings (SSSR count). The summed E-state index contributed by atoms with van der Waals surface area (Å²) in [5, 5.41) is 3.50. The molecular formula is C23H28N2O. The quantitative estimate of drug-likeness (QED) is 0.696. The van der Waals surface area contributed by atoms with Crippen molar-refractivity contribution in [3.05, 3.63) is 60.4 Å². The van der Waals surface area contributed by atoms with Crippen LogP contribution in [0.2, 0.25) is 0 Å². The summed E-state index contributed by atoms with van der Waals surface area (Å²) in [6, 6.07) is 15.1. The van der Waals surface area contributed by atoms with E-state index in [9.17, 15) is 0 Å². The third-order valence-electron chi connectivity index (χ3n) is 5.58. The molecule has 0 bridgehead atoms. The number of fused-ring (bicyclic) bond motifs is 1. The first-order valence-electron chi connectivity index (χ1n) is 9.79. The molecule has 2 aromatic heterocycles. The van der Waals surface area contributed by atoms with Crippen LogP contribution in [0.25, 0.3) is 16.6 Å². The molecule has 2 atom stereocenters. The van der Waals surface area contributed by atoms with Gasteiger partial charge in [0.05, 0.1) is 0 Å². The summed E-state index contributed by atoms with van der Waals surface area (Å²) in [7, 11) is 0. The van der Waals surface area contributed by atoms with Crippen LogP contribution >= 0.6 is 0 Å². The molecule has 3 heterocycles. The van der Waals surface area contributed by atoms with Crippen molar-refractivity contribution in [1.82, 2.24) is 9.72 Å². The highest BCUT2D eigenvalue weighted by atomic mass is 16.5. The lowest BCUT2D eigenvalue weighted by molar-refractivity contribution is 0.111. The topological polar surface area (TPSA) is 25.7 Å². The van der Waals surface area contributed by atoms with Crippen molar-refractivity contribution in [3.8, 4) is 16.9 Å². The van der Waals surface area contributed by atoms with Crippen molar-refractivity contribution in [2.24, 2.45) is 5.92 Å². The van der Waals surface area contributed by atoms with Gasteiger partial charge in [-0.1, -0.05) is 25.1 Å². The van der Waals surface area contributed by atoms with E-state index in [0.717, 1.165) is 25.3 Å². The summed E-state index contributed by atoms with van der Waals surface area (Å²) < 4.78 is 8.52. The minimum Gasteiger partial charge on any atom is -0.490 e. The van der Waals surface area contributed by atoms with Crippen LogP contribution in [-0.4, -0.2) is 23.6 Å². The smallest absolute Gasteiger partial charge is 0.119 e. The number of benzene rings is 1. The average molecular weight is 348 g/mol. The van der Waals surface area contributed by atoms with Gasteiger partial charge in [0, 0.05) is 35.9 Å². The molecule has 2 unspecified atom stereocenters. The third-order valence-corrected chi connectivity index (χ3v) is 5.58. The Bertz CT molecular complexity index is 860. The van der Waals surface area contributed by atoms with Crippen LogP contribution in [0.15, 0.2) is 54.9 Å². The normalized spacial score (nSPS) is 18.8. The highest BCUT2D eigenvalue weighted by Gasteiger charge is 2.23. The molecule has 1 aromatic carbocycles. The third kappa shape index (κ3) is 3.49. The van der Waals surface area contributed by atoms with E-state index in [4.69, 9.17) is 4.74 Å². The van der Waals surface area contributed by atoms with Crippen LogP contribution in [0.1, 0.15) is 31.7 Å². The summed E-state index contributed by atoms with van der Waals surface area (Å²) in [5.74, 6) is 1.60. The Hall–Kier alpha value is -2.26. The van der Waals surface area contributed by atoms with Gasteiger partial charge in [0.2, 0.25) is 0 Å². The van der Waals surface area contributed by atoms with Gasteiger partial charge in [-0.15, -0.1) is 0 Å². The van der Waals surface area contributed by atoms with Gasteiger partial charge in [0.15, 0.2) is 0 Å². The molecule has 1 aliphatic heterocycles. The van der Waals surface area contributed by atoms with Crippen LogP contribution in [-0.2, 0) is 0 Å². The molecule has 1 N–H and O–H groups in total. The first-order valence-corrected chi connectivity index (χ1v) is 9.79. The van der Waals surface area contributed by atoms with Crippen LogP contribution in [0.5, 0.6) is 5.75 Å². The van der Waals surface area contributed by atoms with Gasteiger partial charge in [-0.05, 0) is 68.1 Å². The zero-order valence-electron chi connectivity index (χ0n) is 15.7. The number of aromatic nitrogens is 1. The molecule has 0 radical (unpaired) electrons. The Balaban J connectivity index is 1.51. The number of hydrogen-bond donors (Lipinski definition) is 1. The second-order valence-corrected chi connectivity index (χ2v) is 7.41. The molecule has 1 aliphatic rings. The number of nitrogens with zero attached hydrogens (tertiary/aromatic N) is 1. The van der Waals surface area contributed by atoms with Crippen molar-refractivity contribution in [2.45, 2.75) is 39.2 Å². The Morgan fingerprint density at radius 3 is 2.73 bits per heavy atom. The van der Waals surface area contributed by atoms with E-state index in [1.807, 2.05) is 0 Å². The molecule has 3 heteroatoms.